The minimum atomic E-state index is -1.05. The summed E-state index contributed by atoms with van der Waals surface area (Å²) in [6.45, 7) is -0.307. The Kier molecular flexibility index (Phi) is 7.32. The Morgan fingerprint density at radius 2 is 1.62 bits per heavy atom. The van der Waals surface area contributed by atoms with Crippen LogP contribution in [-0.4, -0.2) is 73.1 Å². The van der Waals surface area contributed by atoms with Gasteiger partial charge in [-0.1, -0.05) is 0 Å². The third-order valence-electron chi connectivity index (χ3n) is 1.69. The zero-order chi connectivity index (χ0) is 11.3. The van der Waals surface area contributed by atoms with Crippen molar-refractivity contribution in [3.05, 3.63) is 35.4 Å². The topological polar surface area (TPSA) is 83.8 Å². The molecule has 16 heavy (non-hydrogen) atoms. The van der Waals surface area contributed by atoms with Crippen molar-refractivity contribution in [1.82, 2.24) is 0 Å². The molecule has 2 N–H and O–H groups in total. The van der Waals surface area contributed by atoms with Gasteiger partial charge in [-0.2, -0.15) is 0 Å². The van der Waals surface area contributed by atoms with E-state index in [-0.39, 0.29) is 62.1 Å². The van der Waals surface area contributed by atoms with Gasteiger partial charge in [0.15, 0.2) is 0 Å². The van der Waals surface area contributed by atoms with Crippen molar-refractivity contribution in [3.8, 4) is 0 Å². The predicted octanol–water partition coefficient (Wildman–Crippen LogP) is -0.382. The molecule has 0 radical (unpaired) electrons. The van der Waals surface area contributed by atoms with Crippen molar-refractivity contribution in [3.63, 3.8) is 0 Å². The molecule has 0 amide bonds. The number of hydrogen-bond acceptors (Lipinski definition) is 4. The first-order valence-corrected chi connectivity index (χ1v) is 4.26. The van der Waals surface area contributed by atoms with Gasteiger partial charge in [0.1, 0.15) is 6.61 Å². The van der Waals surface area contributed by atoms with E-state index in [0.29, 0.717) is 0 Å². The first-order chi connectivity index (χ1) is 7.15. The van der Waals surface area contributed by atoms with Crippen LogP contribution in [0.4, 0.5) is 0 Å². The molecule has 0 heterocycles. The zero-order valence-corrected chi connectivity index (χ0v) is 7.84. The zero-order valence-electron chi connectivity index (χ0n) is 7.84. The Morgan fingerprint density at radius 3 is 2.06 bits per heavy atom. The fraction of sp³-hybridized carbons (Fsp3) is 0.200. The number of aromatic carboxylic acids is 1. The van der Waals surface area contributed by atoms with Crippen LogP contribution in [0, 0.1) is 0 Å². The molecule has 5 nitrogen and oxygen atoms in total. The summed E-state index contributed by atoms with van der Waals surface area (Å²) in [7, 11) is 0. The fourth-order valence-corrected chi connectivity index (χ4v) is 0.971. The fourth-order valence-electron chi connectivity index (χ4n) is 0.971. The number of ether oxygens (including phenoxy) is 1. The number of carboxylic acids is 1. The van der Waals surface area contributed by atoms with Crippen LogP contribution in [0.5, 0.6) is 0 Å². The third-order valence-corrected chi connectivity index (χ3v) is 1.69. The molecule has 0 unspecified atom stereocenters. The Labute approximate surface area is 122 Å². The minimum absolute atomic E-state index is 0. The number of hydrogen-bond donors (Lipinski definition) is 2. The van der Waals surface area contributed by atoms with Crippen LogP contribution in [0.25, 0.3) is 0 Å². The van der Waals surface area contributed by atoms with E-state index in [9.17, 15) is 9.59 Å². The Balaban J connectivity index is 0.00000225. The summed E-state index contributed by atoms with van der Waals surface area (Å²) < 4.78 is 4.64. The van der Waals surface area contributed by atoms with Crippen LogP contribution in [0.3, 0.4) is 0 Å². The van der Waals surface area contributed by atoms with Gasteiger partial charge >= 0.3 is 49.7 Å². The van der Waals surface area contributed by atoms with E-state index in [2.05, 4.69) is 4.74 Å². The monoisotopic (exact) mass is 252 g/mol. The van der Waals surface area contributed by atoms with Crippen LogP contribution in [0.1, 0.15) is 20.7 Å². The molecule has 0 saturated heterocycles. The molecule has 1 rings (SSSR count). The summed E-state index contributed by atoms with van der Waals surface area (Å²) in [5, 5.41) is 17.0. The molecule has 1 aromatic rings. The summed E-state index contributed by atoms with van der Waals surface area (Å²) >= 11 is 0. The summed E-state index contributed by atoms with van der Waals surface area (Å²) in [5.41, 5.74) is 0.363. The average molecular weight is 252 g/mol. The molecule has 0 saturated carbocycles. The van der Waals surface area contributed by atoms with E-state index in [0.717, 1.165) is 0 Å². The number of carbonyl (C=O) groups excluding carboxylic acids is 1. The van der Waals surface area contributed by atoms with E-state index in [1.54, 1.807) is 0 Å². The second kappa shape index (κ2) is 7.62. The summed E-state index contributed by atoms with van der Waals surface area (Å²) in [5.74, 6) is -1.63. The van der Waals surface area contributed by atoms with Crippen molar-refractivity contribution in [2.75, 3.05) is 13.2 Å². The molecule has 0 aliphatic carbocycles. The molecule has 0 atom stereocenters. The Morgan fingerprint density at radius 1 is 1.12 bits per heavy atom. The van der Waals surface area contributed by atoms with Gasteiger partial charge in [0.2, 0.25) is 0 Å². The molecule has 0 fully saturated rings. The quantitative estimate of drug-likeness (QED) is 0.563. The average Bonchev–Trinajstić information content (AvgIpc) is 2.26. The normalized spacial score (nSPS) is 9.06. The molecule has 0 bridgehead atoms. The molecular formula is C10H12CaO5. The van der Waals surface area contributed by atoms with Crippen molar-refractivity contribution in [2.45, 2.75) is 0 Å². The summed E-state index contributed by atoms with van der Waals surface area (Å²) in [6, 6.07) is 5.36. The number of carboxylic acid groups (broad SMARTS) is 1. The van der Waals surface area contributed by atoms with Gasteiger partial charge in [-0.25, -0.2) is 9.59 Å². The van der Waals surface area contributed by atoms with Gasteiger partial charge in [-0.3, -0.25) is 0 Å². The van der Waals surface area contributed by atoms with E-state index >= 15 is 0 Å². The van der Waals surface area contributed by atoms with E-state index in [4.69, 9.17) is 10.2 Å². The van der Waals surface area contributed by atoms with E-state index in [1.807, 2.05) is 0 Å². The number of esters is 1. The van der Waals surface area contributed by atoms with Gasteiger partial charge in [-0.05, 0) is 24.3 Å². The van der Waals surface area contributed by atoms with Crippen LogP contribution in [0.15, 0.2) is 24.3 Å². The maximum atomic E-state index is 11.2. The maximum absolute atomic E-state index is 11.2. The van der Waals surface area contributed by atoms with E-state index < -0.39 is 11.9 Å². The van der Waals surface area contributed by atoms with Crippen molar-refractivity contribution < 1.29 is 24.5 Å². The SMILES string of the molecule is O=C(O)c1ccc(C(=O)OCCO)cc1.[CaH2]. The van der Waals surface area contributed by atoms with Crippen molar-refractivity contribution in [2.24, 2.45) is 0 Å². The molecule has 84 valence electrons. The molecule has 1 aromatic carbocycles. The van der Waals surface area contributed by atoms with Gasteiger partial charge in [0.05, 0.1) is 17.7 Å². The second-order valence-electron chi connectivity index (χ2n) is 2.74. The summed E-state index contributed by atoms with van der Waals surface area (Å²) in [4.78, 5) is 21.7. The number of aliphatic hydroxyl groups excluding tert-OH is 1. The Bertz CT molecular complexity index is 360. The Hall–Kier alpha value is -0.620. The second-order valence-corrected chi connectivity index (χ2v) is 2.74. The number of benzene rings is 1. The number of carbonyl (C=O) groups is 2. The molecule has 0 spiro atoms. The van der Waals surface area contributed by atoms with Crippen molar-refractivity contribution in [1.29, 1.82) is 0 Å². The van der Waals surface area contributed by atoms with Crippen LogP contribution >= 0.6 is 0 Å². The molecule has 0 aliphatic rings. The van der Waals surface area contributed by atoms with Crippen LogP contribution in [0.2, 0.25) is 0 Å². The van der Waals surface area contributed by atoms with Gasteiger partial charge in [0.25, 0.3) is 0 Å². The van der Waals surface area contributed by atoms with Gasteiger partial charge in [-0.15, -0.1) is 0 Å². The van der Waals surface area contributed by atoms with Gasteiger partial charge in [0, 0.05) is 0 Å². The van der Waals surface area contributed by atoms with Gasteiger partial charge < -0.3 is 14.9 Å². The van der Waals surface area contributed by atoms with Crippen LogP contribution in [-0.2, 0) is 4.74 Å². The summed E-state index contributed by atoms with van der Waals surface area (Å²) in [6.07, 6.45) is 0. The van der Waals surface area contributed by atoms with Crippen LogP contribution < -0.4 is 0 Å². The third kappa shape index (κ3) is 4.49. The predicted molar refractivity (Wildman–Crippen MR) is 59.3 cm³/mol. The van der Waals surface area contributed by atoms with E-state index in [1.165, 1.54) is 24.3 Å². The standard InChI is InChI=1S/C10H10O5.Ca.2H/c11-5-6-15-10(14)8-3-1-7(2-4-8)9(12)13;;;/h1-4,11H,5-6H2,(H,12,13);;;. The first kappa shape index (κ1) is 15.4. The number of aliphatic hydroxyl groups is 1. The molecule has 0 aliphatic heterocycles. The molecular weight excluding hydrogens is 240 g/mol. The number of rotatable bonds is 4. The molecule has 6 heteroatoms. The molecule has 0 aromatic heterocycles. The first-order valence-electron chi connectivity index (χ1n) is 4.26. The van der Waals surface area contributed by atoms with Crippen molar-refractivity contribution >= 4 is 49.7 Å².